The molecule has 1 aromatic rings. The highest BCUT2D eigenvalue weighted by atomic mass is 32.2. The van der Waals surface area contributed by atoms with Gasteiger partial charge in [0.1, 0.15) is 5.76 Å². The summed E-state index contributed by atoms with van der Waals surface area (Å²) in [5.74, 6) is 0.703. The first kappa shape index (κ1) is 11.2. The number of amides is 1. The lowest BCUT2D eigenvalue weighted by Crippen LogP contribution is -2.35. The summed E-state index contributed by atoms with van der Waals surface area (Å²) in [5, 5.41) is 2.65. The Labute approximate surface area is 93.7 Å². The summed E-state index contributed by atoms with van der Waals surface area (Å²) >= 11 is 0. The van der Waals surface area contributed by atoms with Crippen molar-refractivity contribution in [1.29, 1.82) is 0 Å². The first-order valence-corrected chi connectivity index (χ1v) is 6.86. The van der Waals surface area contributed by atoms with Crippen LogP contribution in [0.2, 0.25) is 0 Å². The van der Waals surface area contributed by atoms with Gasteiger partial charge in [0.2, 0.25) is 0 Å². The molecule has 1 amide bonds. The van der Waals surface area contributed by atoms with Gasteiger partial charge in [-0.1, -0.05) is 0 Å². The van der Waals surface area contributed by atoms with Gasteiger partial charge in [0.25, 0.3) is 5.91 Å². The van der Waals surface area contributed by atoms with Crippen molar-refractivity contribution in [2.75, 3.05) is 11.5 Å². The highest BCUT2D eigenvalue weighted by Crippen LogP contribution is 2.13. The molecule has 1 saturated heterocycles. The summed E-state index contributed by atoms with van der Waals surface area (Å²) in [5.41, 5.74) is 0. The second kappa shape index (κ2) is 3.93. The molecule has 16 heavy (non-hydrogen) atoms. The molecule has 1 atom stereocenters. The van der Waals surface area contributed by atoms with Gasteiger partial charge in [0, 0.05) is 6.04 Å². The van der Waals surface area contributed by atoms with Gasteiger partial charge >= 0.3 is 0 Å². The standard InChI is InChI=1S/C10H13NO4S/c1-7-2-3-9(15-7)10(12)11-8-4-5-16(13,14)6-8/h2-3,8H,4-6H2,1H3,(H,11,12)/t8-/m1/s1. The van der Waals surface area contributed by atoms with E-state index >= 15 is 0 Å². The van der Waals surface area contributed by atoms with Crippen molar-refractivity contribution >= 4 is 15.7 Å². The Morgan fingerprint density at radius 1 is 1.50 bits per heavy atom. The second-order valence-corrected chi connectivity index (χ2v) is 6.21. The van der Waals surface area contributed by atoms with Crippen molar-refractivity contribution in [3.05, 3.63) is 23.7 Å². The van der Waals surface area contributed by atoms with Crippen LogP contribution in [-0.2, 0) is 9.84 Å². The lowest BCUT2D eigenvalue weighted by Gasteiger charge is -2.08. The van der Waals surface area contributed by atoms with Crippen molar-refractivity contribution in [3.63, 3.8) is 0 Å². The van der Waals surface area contributed by atoms with E-state index in [0.717, 1.165) is 0 Å². The van der Waals surface area contributed by atoms with Gasteiger partial charge in [-0.15, -0.1) is 0 Å². The summed E-state index contributed by atoms with van der Waals surface area (Å²) in [6, 6.07) is 2.98. The number of rotatable bonds is 2. The third-order valence-corrected chi connectivity index (χ3v) is 4.30. The fourth-order valence-electron chi connectivity index (χ4n) is 1.72. The number of sulfone groups is 1. The Kier molecular flexibility index (Phi) is 2.75. The number of furan rings is 1. The molecule has 0 aliphatic carbocycles. The minimum Gasteiger partial charge on any atom is -0.456 e. The number of hydrogen-bond acceptors (Lipinski definition) is 4. The van der Waals surface area contributed by atoms with Crippen LogP contribution >= 0.6 is 0 Å². The molecule has 1 aromatic heterocycles. The molecule has 2 heterocycles. The number of carbonyl (C=O) groups excluding carboxylic acids is 1. The monoisotopic (exact) mass is 243 g/mol. The van der Waals surface area contributed by atoms with Gasteiger partial charge in [-0.2, -0.15) is 0 Å². The average Bonchev–Trinajstić information content (AvgIpc) is 2.73. The number of hydrogen-bond donors (Lipinski definition) is 1. The van der Waals surface area contributed by atoms with Crippen LogP contribution in [0.25, 0.3) is 0 Å². The zero-order chi connectivity index (χ0) is 11.8. The molecule has 1 N–H and O–H groups in total. The summed E-state index contributed by atoms with van der Waals surface area (Å²) < 4.78 is 27.5. The van der Waals surface area contributed by atoms with E-state index in [0.29, 0.717) is 12.2 Å². The third kappa shape index (κ3) is 2.44. The van der Waals surface area contributed by atoms with Crippen LogP contribution < -0.4 is 5.32 Å². The van der Waals surface area contributed by atoms with E-state index in [1.165, 1.54) is 0 Å². The van der Waals surface area contributed by atoms with Crippen LogP contribution in [-0.4, -0.2) is 31.9 Å². The minimum absolute atomic E-state index is 0.0262. The van der Waals surface area contributed by atoms with Gasteiger partial charge in [-0.3, -0.25) is 4.79 Å². The first-order chi connectivity index (χ1) is 7.46. The summed E-state index contributed by atoms with van der Waals surface area (Å²) in [6.07, 6.45) is 0.480. The Balaban J connectivity index is 1.99. The fraction of sp³-hybridized carbons (Fsp3) is 0.500. The molecular weight excluding hydrogens is 230 g/mol. The highest BCUT2D eigenvalue weighted by Gasteiger charge is 2.29. The molecule has 1 fully saturated rings. The Morgan fingerprint density at radius 3 is 2.75 bits per heavy atom. The largest absolute Gasteiger partial charge is 0.456 e. The predicted octanol–water partition coefficient (Wildman–Crippen LogP) is 0.505. The minimum atomic E-state index is -2.96. The average molecular weight is 243 g/mol. The van der Waals surface area contributed by atoms with Crippen molar-refractivity contribution in [2.24, 2.45) is 0 Å². The van der Waals surface area contributed by atoms with Gasteiger partial charge in [0.05, 0.1) is 11.5 Å². The third-order valence-electron chi connectivity index (χ3n) is 2.53. The van der Waals surface area contributed by atoms with Crippen LogP contribution in [0.5, 0.6) is 0 Å². The number of nitrogens with one attached hydrogen (secondary N) is 1. The molecule has 1 aliphatic heterocycles. The maximum Gasteiger partial charge on any atom is 0.287 e. The molecule has 2 rings (SSSR count). The van der Waals surface area contributed by atoms with Crippen LogP contribution in [0.4, 0.5) is 0 Å². The predicted molar refractivity (Wildman–Crippen MR) is 58.0 cm³/mol. The molecule has 0 spiro atoms. The van der Waals surface area contributed by atoms with Crippen molar-refractivity contribution in [3.8, 4) is 0 Å². The molecule has 88 valence electrons. The molecule has 1 aliphatic rings. The summed E-state index contributed by atoms with van der Waals surface area (Å²) in [7, 11) is -2.96. The zero-order valence-corrected chi connectivity index (χ0v) is 9.71. The second-order valence-electron chi connectivity index (χ2n) is 3.98. The summed E-state index contributed by atoms with van der Waals surface area (Å²) in [4.78, 5) is 11.6. The van der Waals surface area contributed by atoms with E-state index in [1.54, 1.807) is 19.1 Å². The highest BCUT2D eigenvalue weighted by molar-refractivity contribution is 7.91. The van der Waals surface area contributed by atoms with Gasteiger partial charge in [-0.05, 0) is 25.5 Å². The number of aryl methyl sites for hydroxylation is 1. The van der Waals surface area contributed by atoms with Gasteiger partial charge in [-0.25, -0.2) is 8.42 Å². The quantitative estimate of drug-likeness (QED) is 0.820. The first-order valence-electron chi connectivity index (χ1n) is 5.04. The van der Waals surface area contributed by atoms with Crippen LogP contribution in [0.15, 0.2) is 16.5 Å². The van der Waals surface area contributed by atoms with Crippen LogP contribution in [0.1, 0.15) is 22.7 Å². The molecule has 0 saturated carbocycles. The van der Waals surface area contributed by atoms with Gasteiger partial charge in [0.15, 0.2) is 15.6 Å². The van der Waals surface area contributed by atoms with Crippen molar-refractivity contribution in [2.45, 2.75) is 19.4 Å². The Hall–Kier alpha value is -1.30. The van der Waals surface area contributed by atoms with E-state index < -0.39 is 9.84 Å². The summed E-state index contributed by atoms with van der Waals surface area (Å²) in [6.45, 7) is 1.75. The molecule has 0 aromatic carbocycles. The lowest BCUT2D eigenvalue weighted by atomic mass is 10.2. The van der Waals surface area contributed by atoms with Crippen LogP contribution in [0, 0.1) is 6.92 Å². The molecule has 6 heteroatoms. The smallest absolute Gasteiger partial charge is 0.287 e. The Morgan fingerprint density at radius 2 is 2.25 bits per heavy atom. The lowest BCUT2D eigenvalue weighted by molar-refractivity contribution is 0.0912. The SMILES string of the molecule is Cc1ccc(C(=O)N[C@@H]2CCS(=O)(=O)C2)o1. The molecule has 0 unspecified atom stereocenters. The van der Waals surface area contributed by atoms with Crippen molar-refractivity contribution < 1.29 is 17.6 Å². The van der Waals surface area contributed by atoms with Crippen molar-refractivity contribution in [1.82, 2.24) is 5.32 Å². The van der Waals surface area contributed by atoms with E-state index in [4.69, 9.17) is 4.42 Å². The van der Waals surface area contributed by atoms with E-state index in [1.807, 2.05) is 0 Å². The van der Waals surface area contributed by atoms with Crippen LogP contribution in [0.3, 0.4) is 0 Å². The topological polar surface area (TPSA) is 76.4 Å². The maximum atomic E-state index is 11.6. The molecule has 0 bridgehead atoms. The van der Waals surface area contributed by atoms with E-state index in [9.17, 15) is 13.2 Å². The van der Waals surface area contributed by atoms with E-state index in [2.05, 4.69) is 5.32 Å². The maximum absolute atomic E-state index is 11.6. The number of carbonyl (C=O) groups is 1. The zero-order valence-electron chi connectivity index (χ0n) is 8.89. The van der Waals surface area contributed by atoms with E-state index in [-0.39, 0.29) is 29.2 Å². The fourth-order valence-corrected chi connectivity index (χ4v) is 3.40. The Bertz CT molecular complexity index is 503. The molecular formula is C10H13NO4S. The molecule has 0 radical (unpaired) electrons. The normalized spacial score (nSPS) is 23.2. The van der Waals surface area contributed by atoms with Gasteiger partial charge < -0.3 is 9.73 Å². The molecule has 5 nitrogen and oxygen atoms in total.